The van der Waals surface area contributed by atoms with Crippen molar-refractivity contribution < 1.29 is 9.53 Å². The number of nitriles is 1. The van der Waals surface area contributed by atoms with Gasteiger partial charge in [0, 0.05) is 36.2 Å². The van der Waals surface area contributed by atoms with Crippen LogP contribution in [0.25, 0.3) is 11.3 Å². The van der Waals surface area contributed by atoms with E-state index in [9.17, 15) is 4.79 Å². The van der Waals surface area contributed by atoms with Crippen LogP contribution in [0.4, 0.5) is 0 Å². The molecule has 0 radical (unpaired) electrons. The third kappa shape index (κ3) is 3.35. The summed E-state index contributed by atoms with van der Waals surface area (Å²) in [5.74, 6) is 0.551. The molecule has 0 spiro atoms. The number of ether oxygens (including phenoxy) is 1. The molecule has 0 atom stereocenters. The molecule has 1 aromatic heterocycles. The first-order valence-corrected chi connectivity index (χ1v) is 7.88. The second-order valence-corrected chi connectivity index (χ2v) is 5.73. The summed E-state index contributed by atoms with van der Waals surface area (Å²) >= 11 is 0. The van der Waals surface area contributed by atoms with E-state index in [1.54, 1.807) is 25.3 Å². The first kappa shape index (κ1) is 15.9. The maximum absolute atomic E-state index is 12.5. The summed E-state index contributed by atoms with van der Waals surface area (Å²) in [6.07, 6.45) is 1.50. The zero-order valence-electron chi connectivity index (χ0n) is 13.5. The molecule has 6 nitrogen and oxygen atoms in total. The maximum Gasteiger partial charge on any atom is 0.253 e. The molecule has 0 N–H and O–H groups in total. The predicted molar refractivity (Wildman–Crippen MR) is 88.3 cm³/mol. The van der Waals surface area contributed by atoms with Gasteiger partial charge in [-0.2, -0.15) is 5.26 Å². The monoisotopic (exact) mass is 322 g/mol. The summed E-state index contributed by atoms with van der Waals surface area (Å²) in [5, 5.41) is 17.0. The summed E-state index contributed by atoms with van der Waals surface area (Å²) in [6, 6.07) is 13.2. The van der Waals surface area contributed by atoms with Crippen molar-refractivity contribution in [2.45, 2.75) is 12.8 Å². The average Bonchev–Trinajstić information content (AvgIpc) is 2.68. The Morgan fingerprint density at radius 1 is 1.17 bits per heavy atom. The minimum absolute atomic E-state index is 0.0127. The number of piperidine rings is 1. The molecule has 1 fully saturated rings. The first-order valence-electron chi connectivity index (χ1n) is 7.88. The minimum atomic E-state index is 0.0127. The number of hydrogen-bond acceptors (Lipinski definition) is 5. The molecule has 1 aromatic carbocycles. The van der Waals surface area contributed by atoms with E-state index in [0.717, 1.165) is 24.1 Å². The molecule has 1 aliphatic heterocycles. The number of methoxy groups -OCH3 is 1. The highest BCUT2D eigenvalue weighted by Crippen LogP contribution is 2.21. The van der Waals surface area contributed by atoms with Gasteiger partial charge in [-0.1, -0.05) is 12.1 Å². The van der Waals surface area contributed by atoms with E-state index in [4.69, 9.17) is 10.00 Å². The highest BCUT2D eigenvalue weighted by Gasteiger charge is 2.23. The molecule has 3 rings (SSSR count). The van der Waals surface area contributed by atoms with Crippen LogP contribution in [-0.2, 0) is 0 Å². The molecule has 1 aliphatic rings. The van der Waals surface area contributed by atoms with Crippen molar-refractivity contribution in [3.05, 3.63) is 42.0 Å². The fourth-order valence-corrected chi connectivity index (χ4v) is 2.76. The molecule has 2 aromatic rings. The number of carbonyl (C=O) groups is 1. The van der Waals surface area contributed by atoms with E-state index < -0.39 is 0 Å². The molecule has 1 saturated heterocycles. The van der Waals surface area contributed by atoms with Crippen LogP contribution in [0.2, 0.25) is 0 Å². The molecule has 0 bridgehead atoms. The first-order chi connectivity index (χ1) is 11.7. The average molecular weight is 322 g/mol. The van der Waals surface area contributed by atoms with E-state index in [2.05, 4.69) is 16.3 Å². The van der Waals surface area contributed by atoms with Crippen LogP contribution in [0.1, 0.15) is 23.2 Å². The van der Waals surface area contributed by atoms with Crippen LogP contribution in [0, 0.1) is 17.2 Å². The lowest BCUT2D eigenvalue weighted by molar-refractivity contribution is 0.0707. The number of benzene rings is 1. The number of aromatic nitrogens is 2. The Labute approximate surface area is 140 Å². The number of carbonyl (C=O) groups excluding carboxylic acids is 1. The second-order valence-electron chi connectivity index (χ2n) is 5.73. The summed E-state index contributed by atoms with van der Waals surface area (Å²) in [5.41, 5.74) is 2.27. The van der Waals surface area contributed by atoms with Gasteiger partial charge in [-0.05, 0) is 31.0 Å². The standard InChI is InChI=1S/C18H18N4O2/c1-24-17-7-6-16(20-21-17)14-2-4-15(5-3-14)18(23)22-10-8-13(12-19)9-11-22/h2-7,13H,8-11H2,1H3. The zero-order valence-corrected chi connectivity index (χ0v) is 13.5. The minimum Gasteiger partial charge on any atom is -0.480 e. The Morgan fingerprint density at radius 2 is 1.88 bits per heavy atom. The molecular formula is C18H18N4O2. The van der Waals surface area contributed by atoms with E-state index in [0.29, 0.717) is 24.5 Å². The fraction of sp³-hybridized carbons (Fsp3) is 0.333. The van der Waals surface area contributed by atoms with Crippen LogP contribution in [0.15, 0.2) is 36.4 Å². The van der Waals surface area contributed by atoms with E-state index in [-0.39, 0.29) is 11.8 Å². The molecule has 2 heterocycles. The normalized spacial score (nSPS) is 14.9. The largest absolute Gasteiger partial charge is 0.480 e. The molecular weight excluding hydrogens is 304 g/mol. The van der Waals surface area contributed by atoms with Gasteiger partial charge in [0.15, 0.2) is 0 Å². The van der Waals surface area contributed by atoms with Crippen LogP contribution < -0.4 is 4.74 Å². The van der Waals surface area contributed by atoms with Gasteiger partial charge >= 0.3 is 0 Å². The lowest BCUT2D eigenvalue weighted by Gasteiger charge is -2.29. The topological polar surface area (TPSA) is 79.1 Å². The number of nitrogens with zero attached hydrogens (tertiary/aromatic N) is 4. The summed E-state index contributed by atoms with van der Waals surface area (Å²) in [7, 11) is 1.55. The van der Waals surface area contributed by atoms with Gasteiger partial charge in [-0.3, -0.25) is 4.79 Å². The van der Waals surface area contributed by atoms with Crippen molar-refractivity contribution in [3.8, 4) is 23.2 Å². The number of amides is 1. The van der Waals surface area contributed by atoms with Crippen molar-refractivity contribution in [1.82, 2.24) is 15.1 Å². The third-order valence-electron chi connectivity index (χ3n) is 4.24. The van der Waals surface area contributed by atoms with E-state index in [1.165, 1.54) is 0 Å². The van der Waals surface area contributed by atoms with Gasteiger partial charge < -0.3 is 9.64 Å². The molecule has 1 amide bonds. The molecule has 0 unspecified atom stereocenters. The van der Waals surface area contributed by atoms with Crippen molar-refractivity contribution in [1.29, 1.82) is 5.26 Å². The van der Waals surface area contributed by atoms with Crippen molar-refractivity contribution >= 4 is 5.91 Å². The summed E-state index contributed by atoms with van der Waals surface area (Å²) < 4.78 is 4.99. The highest BCUT2D eigenvalue weighted by atomic mass is 16.5. The Bertz CT molecular complexity index is 742. The third-order valence-corrected chi connectivity index (χ3v) is 4.24. The maximum atomic E-state index is 12.5. The molecule has 0 saturated carbocycles. The summed E-state index contributed by atoms with van der Waals surface area (Å²) in [6.45, 7) is 1.28. The fourth-order valence-electron chi connectivity index (χ4n) is 2.76. The Hall–Kier alpha value is -2.94. The molecule has 24 heavy (non-hydrogen) atoms. The van der Waals surface area contributed by atoms with Crippen LogP contribution in [0.5, 0.6) is 5.88 Å². The summed E-state index contributed by atoms with van der Waals surface area (Å²) in [4.78, 5) is 14.3. The van der Waals surface area contributed by atoms with Gasteiger partial charge in [0.1, 0.15) is 0 Å². The van der Waals surface area contributed by atoms with Gasteiger partial charge in [-0.15, -0.1) is 10.2 Å². The predicted octanol–water partition coefficient (Wildman–Crippen LogP) is 2.53. The number of rotatable bonds is 3. The van der Waals surface area contributed by atoms with Crippen LogP contribution >= 0.6 is 0 Å². The number of hydrogen-bond donors (Lipinski definition) is 0. The van der Waals surface area contributed by atoms with Crippen molar-refractivity contribution in [2.75, 3.05) is 20.2 Å². The number of likely N-dealkylation sites (tertiary alicyclic amines) is 1. The lowest BCUT2D eigenvalue weighted by Crippen LogP contribution is -2.38. The van der Waals surface area contributed by atoms with Gasteiger partial charge in [-0.25, -0.2) is 0 Å². The SMILES string of the molecule is COc1ccc(-c2ccc(C(=O)N3CCC(C#N)CC3)cc2)nn1. The van der Waals surface area contributed by atoms with Crippen LogP contribution in [0.3, 0.4) is 0 Å². The quantitative estimate of drug-likeness (QED) is 0.867. The van der Waals surface area contributed by atoms with Gasteiger partial charge in [0.25, 0.3) is 5.91 Å². The molecule has 6 heteroatoms. The van der Waals surface area contributed by atoms with E-state index >= 15 is 0 Å². The Balaban J connectivity index is 1.70. The van der Waals surface area contributed by atoms with Gasteiger partial charge in [0.05, 0.1) is 18.9 Å². The molecule has 122 valence electrons. The lowest BCUT2D eigenvalue weighted by atomic mass is 9.98. The van der Waals surface area contributed by atoms with E-state index in [1.807, 2.05) is 23.1 Å². The highest BCUT2D eigenvalue weighted by molar-refractivity contribution is 5.94. The molecule has 0 aliphatic carbocycles. The Morgan fingerprint density at radius 3 is 2.42 bits per heavy atom. The smallest absolute Gasteiger partial charge is 0.253 e. The van der Waals surface area contributed by atoms with Gasteiger partial charge in [0.2, 0.25) is 5.88 Å². The zero-order chi connectivity index (χ0) is 16.9. The second kappa shape index (κ2) is 7.09. The van der Waals surface area contributed by atoms with Crippen LogP contribution in [-0.4, -0.2) is 41.2 Å². The van der Waals surface area contributed by atoms with Crippen molar-refractivity contribution in [2.24, 2.45) is 5.92 Å². The Kier molecular flexibility index (Phi) is 4.71. The van der Waals surface area contributed by atoms with Crippen molar-refractivity contribution in [3.63, 3.8) is 0 Å².